The van der Waals surface area contributed by atoms with Gasteiger partial charge in [0.05, 0.1) is 30.1 Å². The van der Waals surface area contributed by atoms with Gasteiger partial charge in [-0.3, -0.25) is 4.98 Å². The lowest BCUT2D eigenvalue weighted by atomic mass is 10.2. The molecule has 0 unspecified atom stereocenters. The number of carbonyl (C=O) groups excluding carboxylic acids is 1. The molecule has 6 heteroatoms. The molecule has 27 heavy (non-hydrogen) atoms. The van der Waals surface area contributed by atoms with E-state index >= 15 is 0 Å². The van der Waals surface area contributed by atoms with E-state index in [1.807, 2.05) is 54.7 Å². The summed E-state index contributed by atoms with van der Waals surface area (Å²) in [6.07, 6.45) is 5.62. The van der Waals surface area contributed by atoms with Crippen LogP contribution in [0.1, 0.15) is 10.4 Å². The highest BCUT2D eigenvalue weighted by Gasteiger charge is 2.13. The first-order valence-electron chi connectivity index (χ1n) is 8.23. The third kappa shape index (κ3) is 3.56. The first kappa shape index (κ1) is 17.6. The van der Waals surface area contributed by atoms with Crippen LogP contribution in [0.2, 0.25) is 5.02 Å². The molecule has 2 aromatic carbocycles. The molecule has 0 radical (unpaired) electrons. The van der Waals surface area contributed by atoms with Crippen LogP contribution in [0.4, 0.5) is 0 Å². The monoisotopic (exact) mass is 394 g/mol. The van der Waals surface area contributed by atoms with Crippen LogP contribution < -0.4 is 0 Å². The highest BCUT2D eigenvalue weighted by Crippen LogP contribution is 2.37. The summed E-state index contributed by atoms with van der Waals surface area (Å²) < 4.78 is 6.88. The maximum absolute atomic E-state index is 11.8. The molecule has 0 aliphatic carbocycles. The number of fused-ring (bicyclic) bond motifs is 1. The van der Waals surface area contributed by atoms with Crippen LogP contribution in [0.5, 0.6) is 0 Å². The number of aromatic nitrogens is 2. The van der Waals surface area contributed by atoms with Crippen LogP contribution in [-0.2, 0) is 4.74 Å². The number of hydrogen-bond donors (Lipinski definition) is 0. The Morgan fingerprint density at radius 2 is 2.04 bits per heavy atom. The number of methoxy groups -OCH3 is 1. The lowest BCUT2D eigenvalue weighted by Crippen LogP contribution is -2.00. The molecule has 0 aliphatic heterocycles. The zero-order valence-corrected chi connectivity index (χ0v) is 16.0. The van der Waals surface area contributed by atoms with Gasteiger partial charge in [0, 0.05) is 32.6 Å². The molecule has 0 spiro atoms. The quantitative estimate of drug-likeness (QED) is 0.421. The van der Waals surface area contributed by atoms with Gasteiger partial charge in [-0.1, -0.05) is 35.5 Å². The molecule has 0 N–H and O–H groups in total. The average molecular weight is 395 g/mol. The van der Waals surface area contributed by atoms with E-state index in [1.54, 1.807) is 24.0 Å². The fourth-order valence-corrected chi connectivity index (χ4v) is 4.08. The van der Waals surface area contributed by atoms with Crippen molar-refractivity contribution in [3.05, 3.63) is 83.8 Å². The lowest BCUT2D eigenvalue weighted by Gasteiger charge is -2.04. The highest BCUT2D eigenvalue weighted by molar-refractivity contribution is 7.99. The number of pyridine rings is 1. The molecule has 0 saturated carbocycles. The number of esters is 1. The van der Waals surface area contributed by atoms with E-state index in [0.29, 0.717) is 10.6 Å². The van der Waals surface area contributed by atoms with Crippen molar-refractivity contribution in [1.82, 2.24) is 9.55 Å². The Bertz CT molecular complexity index is 1130. The first-order chi connectivity index (χ1) is 13.2. The van der Waals surface area contributed by atoms with E-state index in [0.717, 1.165) is 26.4 Å². The SMILES string of the molecule is COC(=O)c1cccc(Sc2cn(-c3cccnc3)c3cc(Cl)ccc23)c1. The van der Waals surface area contributed by atoms with Crippen LogP contribution in [0, 0.1) is 0 Å². The zero-order valence-electron chi connectivity index (χ0n) is 14.4. The van der Waals surface area contributed by atoms with Crippen molar-refractivity contribution in [1.29, 1.82) is 0 Å². The second kappa shape index (κ2) is 7.47. The van der Waals surface area contributed by atoms with Gasteiger partial charge in [0.25, 0.3) is 0 Å². The van der Waals surface area contributed by atoms with Crippen molar-refractivity contribution in [2.24, 2.45) is 0 Å². The second-order valence-corrected chi connectivity index (χ2v) is 7.41. The van der Waals surface area contributed by atoms with Gasteiger partial charge in [-0.25, -0.2) is 4.79 Å². The summed E-state index contributed by atoms with van der Waals surface area (Å²) in [4.78, 5) is 18.0. The minimum atomic E-state index is -0.345. The van der Waals surface area contributed by atoms with E-state index in [1.165, 1.54) is 7.11 Å². The summed E-state index contributed by atoms with van der Waals surface area (Å²) in [5, 5.41) is 1.76. The number of rotatable bonds is 4. The van der Waals surface area contributed by atoms with Gasteiger partial charge in [-0.05, 0) is 42.5 Å². The molecule has 2 heterocycles. The van der Waals surface area contributed by atoms with E-state index in [9.17, 15) is 4.79 Å². The number of benzene rings is 2. The summed E-state index contributed by atoms with van der Waals surface area (Å²) in [5.74, 6) is -0.345. The molecule has 0 atom stereocenters. The van der Waals surface area contributed by atoms with Crippen LogP contribution in [0.3, 0.4) is 0 Å². The van der Waals surface area contributed by atoms with Crippen molar-refractivity contribution < 1.29 is 9.53 Å². The Morgan fingerprint density at radius 1 is 1.15 bits per heavy atom. The molecule has 2 aromatic heterocycles. The standard InChI is InChI=1S/C21H15ClN2O2S/c1-26-21(25)14-4-2-6-17(10-14)27-20-13-24(16-5-3-9-23-12-16)19-11-15(22)7-8-18(19)20/h2-13H,1H3. The Kier molecular flexibility index (Phi) is 4.88. The van der Waals surface area contributed by atoms with Crippen molar-refractivity contribution in [2.45, 2.75) is 9.79 Å². The second-order valence-electron chi connectivity index (χ2n) is 5.86. The number of hydrogen-bond acceptors (Lipinski definition) is 4. The molecule has 4 aromatic rings. The summed E-state index contributed by atoms with van der Waals surface area (Å²) in [7, 11) is 1.38. The normalized spacial score (nSPS) is 10.9. The number of ether oxygens (including phenoxy) is 1. The molecular formula is C21H15ClN2O2S. The van der Waals surface area contributed by atoms with Gasteiger partial charge in [0.2, 0.25) is 0 Å². The van der Waals surface area contributed by atoms with Crippen LogP contribution >= 0.6 is 23.4 Å². The van der Waals surface area contributed by atoms with Crippen molar-refractivity contribution in [3.63, 3.8) is 0 Å². The van der Waals surface area contributed by atoms with E-state index in [-0.39, 0.29) is 5.97 Å². The smallest absolute Gasteiger partial charge is 0.337 e. The molecule has 0 bridgehead atoms. The molecular weight excluding hydrogens is 380 g/mol. The van der Waals surface area contributed by atoms with E-state index < -0.39 is 0 Å². The molecule has 0 saturated heterocycles. The maximum Gasteiger partial charge on any atom is 0.337 e. The number of carbonyl (C=O) groups is 1. The summed E-state index contributed by atoms with van der Waals surface area (Å²) in [6, 6.07) is 17.1. The molecule has 4 nitrogen and oxygen atoms in total. The topological polar surface area (TPSA) is 44.1 Å². The Labute approximate surface area is 165 Å². The van der Waals surface area contributed by atoms with Crippen LogP contribution in [0.15, 0.2) is 83.0 Å². The highest BCUT2D eigenvalue weighted by atomic mass is 35.5. The van der Waals surface area contributed by atoms with Gasteiger partial charge in [0.15, 0.2) is 0 Å². The average Bonchev–Trinajstić information content (AvgIpc) is 3.05. The minimum absolute atomic E-state index is 0.345. The lowest BCUT2D eigenvalue weighted by molar-refractivity contribution is 0.0600. The molecule has 0 amide bonds. The zero-order chi connectivity index (χ0) is 18.8. The Morgan fingerprint density at radius 3 is 2.81 bits per heavy atom. The van der Waals surface area contributed by atoms with Crippen molar-refractivity contribution in [3.8, 4) is 5.69 Å². The summed E-state index contributed by atoms with van der Waals surface area (Å²) in [5.41, 5.74) is 2.49. The van der Waals surface area contributed by atoms with Gasteiger partial charge < -0.3 is 9.30 Å². The van der Waals surface area contributed by atoms with Crippen LogP contribution in [0.25, 0.3) is 16.6 Å². The van der Waals surface area contributed by atoms with E-state index in [4.69, 9.17) is 16.3 Å². The maximum atomic E-state index is 11.8. The number of halogens is 1. The fourth-order valence-electron chi connectivity index (χ4n) is 2.89. The van der Waals surface area contributed by atoms with Crippen molar-refractivity contribution >= 4 is 40.2 Å². The molecule has 4 rings (SSSR count). The van der Waals surface area contributed by atoms with Gasteiger partial charge in [-0.15, -0.1) is 0 Å². The predicted molar refractivity (Wildman–Crippen MR) is 108 cm³/mol. The predicted octanol–water partition coefficient (Wildman–Crippen LogP) is 5.62. The summed E-state index contributed by atoms with van der Waals surface area (Å²) in [6.45, 7) is 0. The largest absolute Gasteiger partial charge is 0.465 e. The fraction of sp³-hybridized carbons (Fsp3) is 0.0476. The Balaban J connectivity index is 1.80. The number of nitrogens with zero attached hydrogens (tertiary/aromatic N) is 2. The molecule has 134 valence electrons. The van der Waals surface area contributed by atoms with Gasteiger partial charge in [0.1, 0.15) is 0 Å². The Hall–Kier alpha value is -2.76. The summed E-state index contributed by atoms with van der Waals surface area (Å²) >= 11 is 7.82. The van der Waals surface area contributed by atoms with Crippen molar-refractivity contribution in [2.75, 3.05) is 7.11 Å². The first-order valence-corrected chi connectivity index (χ1v) is 9.42. The molecule has 0 aliphatic rings. The van der Waals surface area contributed by atoms with Gasteiger partial charge in [-0.2, -0.15) is 0 Å². The molecule has 0 fully saturated rings. The van der Waals surface area contributed by atoms with E-state index in [2.05, 4.69) is 15.7 Å². The third-order valence-electron chi connectivity index (χ3n) is 4.14. The minimum Gasteiger partial charge on any atom is -0.465 e. The third-order valence-corrected chi connectivity index (χ3v) is 5.41. The van der Waals surface area contributed by atoms with Crippen LogP contribution in [-0.4, -0.2) is 22.6 Å². The van der Waals surface area contributed by atoms with Gasteiger partial charge >= 0.3 is 5.97 Å².